The lowest BCUT2D eigenvalue weighted by Gasteiger charge is -2.36. The highest BCUT2D eigenvalue weighted by atomic mass is 16.7. The zero-order valence-electron chi connectivity index (χ0n) is 7.14. The maximum absolute atomic E-state index is 5.80. The Kier molecular flexibility index (Phi) is 1.90. The summed E-state index contributed by atoms with van der Waals surface area (Å²) in [6, 6.07) is 0. The van der Waals surface area contributed by atoms with E-state index in [9.17, 15) is 0 Å². The average molecular weight is 156 g/mol. The summed E-state index contributed by atoms with van der Waals surface area (Å²) in [5, 5.41) is 0. The lowest BCUT2D eigenvalue weighted by molar-refractivity contribution is -0.216. The highest BCUT2D eigenvalue weighted by molar-refractivity contribution is 4.86. The van der Waals surface area contributed by atoms with Crippen molar-refractivity contribution in [3.63, 3.8) is 0 Å². The molecule has 0 aromatic heterocycles. The number of hydrogen-bond acceptors (Lipinski definition) is 2. The quantitative estimate of drug-likeness (QED) is 0.609. The van der Waals surface area contributed by atoms with Crippen LogP contribution in [-0.2, 0) is 9.47 Å². The van der Waals surface area contributed by atoms with Gasteiger partial charge in [-0.25, -0.2) is 0 Å². The van der Waals surface area contributed by atoms with Crippen molar-refractivity contribution in [2.24, 2.45) is 0 Å². The van der Waals surface area contributed by atoms with Gasteiger partial charge in [0.1, 0.15) is 0 Å². The molecule has 0 radical (unpaired) electrons. The van der Waals surface area contributed by atoms with Crippen molar-refractivity contribution in [2.75, 3.05) is 6.61 Å². The van der Waals surface area contributed by atoms with E-state index in [0.717, 1.165) is 25.9 Å². The van der Waals surface area contributed by atoms with Gasteiger partial charge in [0.05, 0.1) is 12.7 Å². The number of rotatable bonds is 2. The fourth-order valence-corrected chi connectivity index (χ4v) is 1.81. The van der Waals surface area contributed by atoms with E-state index in [1.807, 2.05) is 0 Å². The van der Waals surface area contributed by atoms with Gasteiger partial charge in [-0.05, 0) is 12.8 Å². The van der Waals surface area contributed by atoms with Gasteiger partial charge in [0.15, 0.2) is 5.79 Å². The molecule has 1 saturated carbocycles. The smallest absolute Gasteiger partial charge is 0.168 e. The van der Waals surface area contributed by atoms with Gasteiger partial charge in [0.2, 0.25) is 0 Å². The summed E-state index contributed by atoms with van der Waals surface area (Å²) in [5.41, 5.74) is 0. The molecule has 0 aromatic rings. The second kappa shape index (κ2) is 2.76. The van der Waals surface area contributed by atoms with Crippen molar-refractivity contribution in [3.8, 4) is 0 Å². The van der Waals surface area contributed by atoms with Crippen LogP contribution >= 0.6 is 0 Å². The number of hydrogen-bond donors (Lipinski definition) is 0. The van der Waals surface area contributed by atoms with Crippen LogP contribution in [0.3, 0.4) is 0 Å². The van der Waals surface area contributed by atoms with E-state index >= 15 is 0 Å². The minimum absolute atomic E-state index is 0.111. The largest absolute Gasteiger partial charge is 0.347 e. The Labute approximate surface area is 67.9 Å². The van der Waals surface area contributed by atoms with E-state index in [4.69, 9.17) is 9.47 Å². The molecule has 0 N–H and O–H groups in total. The van der Waals surface area contributed by atoms with Gasteiger partial charge in [0.25, 0.3) is 0 Å². The first-order valence-electron chi connectivity index (χ1n) is 4.66. The van der Waals surface area contributed by atoms with Crippen LogP contribution in [-0.4, -0.2) is 18.5 Å². The van der Waals surface area contributed by atoms with Crippen molar-refractivity contribution in [1.82, 2.24) is 0 Å². The Morgan fingerprint density at radius 1 is 1.45 bits per heavy atom. The molecule has 1 saturated heterocycles. The Balaban J connectivity index is 1.83. The van der Waals surface area contributed by atoms with Crippen molar-refractivity contribution in [2.45, 2.75) is 50.9 Å². The second-order valence-electron chi connectivity index (χ2n) is 3.60. The summed E-state index contributed by atoms with van der Waals surface area (Å²) in [4.78, 5) is 0. The van der Waals surface area contributed by atoms with Gasteiger partial charge in [0, 0.05) is 12.8 Å². The molecule has 0 bridgehead atoms. The summed E-state index contributed by atoms with van der Waals surface area (Å²) >= 11 is 0. The first kappa shape index (κ1) is 7.56. The van der Waals surface area contributed by atoms with Crippen LogP contribution in [0.5, 0.6) is 0 Å². The highest BCUT2D eigenvalue weighted by Crippen LogP contribution is 2.42. The van der Waals surface area contributed by atoms with Gasteiger partial charge in [-0.3, -0.25) is 0 Å². The predicted molar refractivity (Wildman–Crippen MR) is 42.3 cm³/mol. The van der Waals surface area contributed by atoms with Crippen LogP contribution in [0.2, 0.25) is 0 Å². The predicted octanol–water partition coefficient (Wildman–Crippen LogP) is 2.08. The normalized spacial score (nSPS) is 34.1. The van der Waals surface area contributed by atoms with Crippen LogP contribution in [0.1, 0.15) is 39.0 Å². The van der Waals surface area contributed by atoms with E-state index in [0.29, 0.717) is 6.10 Å². The molecule has 2 nitrogen and oxygen atoms in total. The number of ether oxygens (including phenoxy) is 2. The zero-order valence-corrected chi connectivity index (χ0v) is 7.14. The van der Waals surface area contributed by atoms with Crippen LogP contribution in [0.25, 0.3) is 0 Å². The van der Waals surface area contributed by atoms with Gasteiger partial charge < -0.3 is 9.47 Å². The van der Waals surface area contributed by atoms with E-state index in [1.54, 1.807) is 0 Å². The molecule has 1 aliphatic heterocycles. The molecule has 0 amide bonds. The summed E-state index contributed by atoms with van der Waals surface area (Å²) < 4.78 is 11.4. The van der Waals surface area contributed by atoms with Crippen LogP contribution in [0.4, 0.5) is 0 Å². The molecule has 1 spiro atoms. The third-order valence-electron chi connectivity index (χ3n) is 2.64. The Bertz CT molecular complexity index is 140. The highest BCUT2D eigenvalue weighted by Gasteiger charge is 2.45. The Hall–Kier alpha value is -0.0800. The topological polar surface area (TPSA) is 18.5 Å². The minimum atomic E-state index is -0.111. The molecule has 2 fully saturated rings. The van der Waals surface area contributed by atoms with Crippen molar-refractivity contribution in [3.05, 3.63) is 0 Å². The molecule has 1 unspecified atom stereocenters. The van der Waals surface area contributed by atoms with Crippen LogP contribution < -0.4 is 0 Å². The summed E-state index contributed by atoms with van der Waals surface area (Å²) in [6.45, 7) is 3.02. The SMILES string of the molecule is CCCC1COC2(CCC2)O1. The first-order valence-corrected chi connectivity index (χ1v) is 4.66. The van der Waals surface area contributed by atoms with Crippen molar-refractivity contribution >= 4 is 0 Å². The molecular formula is C9H16O2. The van der Waals surface area contributed by atoms with E-state index in [-0.39, 0.29) is 5.79 Å². The monoisotopic (exact) mass is 156 g/mol. The minimum Gasteiger partial charge on any atom is -0.347 e. The Morgan fingerprint density at radius 2 is 2.27 bits per heavy atom. The second-order valence-corrected chi connectivity index (χ2v) is 3.60. The fraction of sp³-hybridized carbons (Fsp3) is 1.00. The third kappa shape index (κ3) is 1.30. The average Bonchev–Trinajstić information content (AvgIpc) is 2.32. The molecule has 0 aromatic carbocycles. The molecule has 1 atom stereocenters. The molecule has 2 heteroatoms. The van der Waals surface area contributed by atoms with Gasteiger partial charge in [-0.1, -0.05) is 13.3 Å². The van der Waals surface area contributed by atoms with Crippen LogP contribution in [0.15, 0.2) is 0 Å². The molecule has 1 heterocycles. The van der Waals surface area contributed by atoms with Crippen LogP contribution in [0, 0.1) is 0 Å². The van der Waals surface area contributed by atoms with Crippen molar-refractivity contribution in [1.29, 1.82) is 0 Å². The lowest BCUT2D eigenvalue weighted by atomic mass is 9.91. The summed E-state index contributed by atoms with van der Waals surface area (Å²) in [6.07, 6.45) is 6.26. The summed E-state index contributed by atoms with van der Waals surface area (Å²) in [5.74, 6) is -0.111. The molecule has 11 heavy (non-hydrogen) atoms. The maximum Gasteiger partial charge on any atom is 0.168 e. The van der Waals surface area contributed by atoms with Gasteiger partial charge in [-0.2, -0.15) is 0 Å². The van der Waals surface area contributed by atoms with Gasteiger partial charge in [-0.15, -0.1) is 0 Å². The molecule has 2 rings (SSSR count). The molecule has 1 aliphatic carbocycles. The van der Waals surface area contributed by atoms with Gasteiger partial charge >= 0.3 is 0 Å². The zero-order chi connectivity index (χ0) is 7.73. The van der Waals surface area contributed by atoms with Crippen molar-refractivity contribution < 1.29 is 9.47 Å². The maximum atomic E-state index is 5.80. The fourth-order valence-electron chi connectivity index (χ4n) is 1.81. The summed E-state index contributed by atoms with van der Waals surface area (Å²) in [7, 11) is 0. The standard InChI is InChI=1S/C9H16O2/c1-2-4-8-7-10-9(11-8)5-3-6-9/h8H,2-7H2,1H3. The van der Waals surface area contributed by atoms with E-state index in [1.165, 1.54) is 12.8 Å². The van der Waals surface area contributed by atoms with E-state index < -0.39 is 0 Å². The van der Waals surface area contributed by atoms with E-state index in [2.05, 4.69) is 6.92 Å². The first-order chi connectivity index (χ1) is 5.35. The Morgan fingerprint density at radius 3 is 2.73 bits per heavy atom. The molecule has 64 valence electrons. The molecule has 2 aliphatic rings. The third-order valence-corrected chi connectivity index (χ3v) is 2.64. The molecular weight excluding hydrogens is 140 g/mol. The lowest BCUT2D eigenvalue weighted by Crippen LogP contribution is -2.38.